The predicted molar refractivity (Wildman–Crippen MR) is 77.8 cm³/mol. The molecule has 2 rings (SSSR count). The summed E-state index contributed by atoms with van der Waals surface area (Å²) in [7, 11) is -3.53. The lowest BCUT2D eigenvalue weighted by molar-refractivity contribution is 0.580. The summed E-state index contributed by atoms with van der Waals surface area (Å²) in [5.74, 6) is 0. The second kappa shape index (κ2) is 5.64. The molecule has 0 atom stereocenters. The quantitative estimate of drug-likeness (QED) is 0.719. The molecule has 6 nitrogen and oxygen atoms in total. The highest BCUT2D eigenvalue weighted by molar-refractivity contribution is 7.89. The van der Waals surface area contributed by atoms with Gasteiger partial charge in [0.05, 0.1) is 11.2 Å². The maximum absolute atomic E-state index is 12.3. The van der Waals surface area contributed by atoms with Crippen LogP contribution in [-0.4, -0.2) is 24.9 Å². The zero-order valence-electron chi connectivity index (χ0n) is 11.5. The van der Waals surface area contributed by atoms with Crippen molar-refractivity contribution in [3.63, 3.8) is 0 Å². The van der Waals surface area contributed by atoms with Crippen LogP contribution >= 0.6 is 0 Å². The average molecular weight is 294 g/mol. The minimum atomic E-state index is -3.53. The molecule has 7 heteroatoms. The van der Waals surface area contributed by atoms with E-state index >= 15 is 0 Å². The Kier molecular flexibility index (Phi) is 4.10. The van der Waals surface area contributed by atoms with Crippen LogP contribution in [-0.2, 0) is 16.4 Å². The van der Waals surface area contributed by atoms with Gasteiger partial charge in [0.15, 0.2) is 0 Å². The summed E-state index contributed by atoms with van der Waals surface area (Å²) in [6, 6.07) is 3.33. The number of nitrogens with zero attached hydrogens (tertiary/aromatic N) is 1. The first-order chi connectivity index (χ1) is 9.40. The monoisotopic (exact) mass is 294 g/mol. The number of hydrogen-bond donors (Lipinski definition) is 3. The van der Waals surface area contributed by atoms with E-state index in [9.17, 15) is 8.42 Å². The number of aromatic amines is 1. The predicted octanol–water partition coefficient (Wildman–Crippen LogP) is 1.13. The highest BCUT2D eigenvalue weighted by atomic mass is 32.2. The van der Waals surface area contributed by atoms with Crippen molar-refractivity contribution in [2.24, 2.45) is 0 Å². The van der Waals surface area contributed by atoms with Gasteiger partial charge in [-0.15, -0.1) is 0 Å². The Balaban J connectivity index is 2.14. The molecular formula is C13H18N4O2S. The third kappa shape index (κ3) is 3.17. The molecular weight excluding hydrogens is 276 g/mol. The molecule has 0 bridgehead atoms. The van der Waals surface area contributed by atoms with Gasteiger partial charge in [-0.05, 0) is 37.1 Å². The first-order valence-electron chi connectivity index (χ1n) is 6.24. The number of aryl methyl sites for hydroxylation is 2. The number of nitrogens with one attached hydrogen (secondary N) is 2. The summed E-state index contributed by atoms with van der Waals surface area (Å²) in [4.78, 5) is 7.12. The van der Waals surface area contributed by atoms with E-state index in [1.54, 1.807) is 38.5 Å². The second-order valence-electron chi connectivity index (χ2n) is 4.71. The molecule has 1 aromatic carbocycles. The van der Waals surface area contributed by atoms with Crippen molar-refractivity contribution >= 4 is 15.7 Å². The maximum Gasteiger partial charge on any atom is 0.241 e. The molecule has 0 aliphatic rings. The molecule has 0 aliphatic heterocycles. The van der Waals surface area contributed by atoms with Crippen LogP contribution in [0.5, 0.6) is 0 Å². The number of hydrogen-bond acceptors (Lipinski definition) is 4. The van der Waals surface area contributed by atoms with Gasteiger partial charge in [0, 0.05) is 30.5 Å². The van der Waals surface area contributed by atoms with Gasteiger partial charge in [0.1, 0.15) is 0 Å². The Labute approximate surface area is 118 Å². The van der Waals surface area contributed by atoms with Crippen LogP contribution in [0.3, 0.4) is 0 Å². The molecule has 0 saturated heterocycles. The van der Waals surface area contributed by atoms with Gasteiger partial charge < -0.3 is 10.7 Å². The molecule has 2 aromatic rings. The van der Waals surface area contributed by atoms with Crippen molar-refractivity contribution in [1.82, 2.24) is 14.7 Å². The van der Waals surface area contributed by atoms with Crippen LogP contribution in [0.1, 0.15) is 16.8 Å². The molecule has 108 valence electrons. The molecule has 0 aliphatic carbocycles. The van der Waals surface area contributed by atoms with Gasteiger partial charge in [-0.1, -0.05) is 0 Å². The summed E-state index contributed by atoms with van der Waals surface area (Å²) in [6.07, 6.45) is 3.80. The molecule has 0 spiro atoms. The fourth-order valence-electron chi connectivity index (χ4n) is 2.22. The zero-order chi connectivity index (χ0) is 14.8. The number of nitrogens with two attached hydrogens (primary N) is 1. The Bertz CT molecular complexity index is 670. The summed E-state index contributed by atoms with van der Waals surface area (Å²) in [6.45, 7) is 3.80. The number of benzene rings is 1. The van der Waals surface area contributed by atoms with E-state index in [2.05, 4.69) is 14.7 Å². The van der Waals surface area contributed by atoms with Crippen molar-refractivity contribution in [3.05, 3.63) is 41.5 Å². The fraction of sp³-hybridized carbons (Fsp3) is 0.308. The Morgan fingerprint density at radius 3 is 2.50 bits per heavy atom. The molecule has 0 radical (unpaired) electrons. The van der Waals surface area contributed by atoms with Gasteiger partial charge in [-0.25, -0.2) is 18.1 Å². The standard InChI is InChI=1S/C13H18N4O2S/c1-9-5-11(14)6-10(2)13(9)20(18,19)17-4-3-12-7-15-8-16-12/h5-8,17H,3-4,14H2,1-2H3,(H,15,16). The zero-order valence-corrected chi connectivity index (χ0v) is 12.3. The van der Waals surface area contributed by atoms with E-state index in [4.69, 9.17) is 5.73 Å². The number of aromatic nitrogens is 2. The summed E-state index contributed by atoms with van der Waals surface area (Å²) in [5.41, 5.74) is 8.46. The van der Waals surface area contributed by atoms with E-state index in [0.717, 1.165) is 5.69 Å². The first kappa shape index (κ1) is 14.5. The number of sulfonamides is 1. The van der Waals surface area contributed by atoms with Crippen LogP contribution < -0.4 is 10.5 Å². The smallest absolute Gasteiger partial charge is 0.241 e. The number of imidazole rings is 1. The van der Waals surface area contributed by atoms with Crippen LogP contribution in [0.2, 0.25) is 0 Å². The summed E-state index contributed by atoms with van der Waals surface area (Å²) < 4.78 is 27.3. The van der Waals surface area contributed by atoms with Crippen LogP contribution in [0, 0.1) is 13.8 Å². The van der Waals surface area contributed by atoms with Crippen LogP contribution in [0.15, 0.2) is 29.6 Å². The number of H-pyrrole nitrogens is 1. The van der Waals surface area contributed by atoms with Gasteiger partial charge >= 0.3 is 0 Å². The largest absolute Gasteiger partial charge is 0.399 e. The molecule has 1 heterocycles. The fourth-order valence-corrected chi connectivity index (χ4v) is 3.70. The molecule has 20 heavy (non-hydrogen) atoms. The third-order valence-corrected chi connectivity index (χ3v) is 4.76. The summed E-state index contributed by atoms with van der Waals surface area (Å²) >= 11 is 0. The average Bonchev–Trinajstić information content (AvgIpc) is 2.79. The lowest BCUT2D eigenvalue weighted by Crippen LogP contribution is -2.27. The third-order valence-electron chi connectivity index (χ3n) is 2.99. The van der Waals surface area contributed by atoms with E-state index in [1.165, 1.54) is 0 Å². The van der Waals surface area contributed by atoms with Crippen molar-refractivity contribution in [1.29, 1.82) is 0 Å². The van der Waals surface area contributed by atoms with Gasteiger partial charge in [0.25, 0.3) is 0 Å². The SMILES string of the molecule is Cc1cc(N)cc(C)c1S(=O)(=O)NCCc1cnc[nH]1. The molecule has 0 fully saturated rings. The molecule has 0 amide bonds. The number of nitrogen functional groups attached to an aromatic ring is 1. The minimum Gasteiger partial charge on any atom is -0.399 e. The number of anilines is 1. The lowest BCUT2D eigenvalue weighted by Gasteiger charge is -2.12. The molecule has 4 N–H and O–H groups in total. The van der Waals surface area contributed by atoms with E-state index < -0.39 is 10.0 Å². The Morgan fingerprint density at radius 1 is 1.30 bits per heavy atom. The molecule has 1 aromatic heterocycles. The highest BCUT2D eigenvalue weighted by Gasteiger charge is 2.19. The normalized spacial score (nSPS) is 11.7. The highest BCUT2D eigenvalue weighted by Crippen LogP contribution is 2.22. The van der Waals surface area contributed by atoms with Gasteiger partial charge in [0.2, 0.25) is 10.0 Å². The van der Waals surface area contributed by atoms with Crippen molar-refractivity contribution in [2.45, 2.75) is 25.2 Å². The van der Waals surface area contributed by atoms with Gasteiger partial charge in [-0.3, -0.25) is 0 Å². The van der Waals surface area contributed by atoms with E-state index in [0.29, 0.717) is 34.7 Å². The summed E-state index contributed by atoms with van der Waals surface area (Å²) in [5, 5.41) is 0. The van der Waals surface area contributed by atoms with Crippen molar-refractivity contribution < 1.29 is 8.42 Å². The van der Waals surface area contributed by atoms with E-state index in [-0.39, 0.29) is 0 Å². The lowest BCUT2D eigenvalue weighted by atomic mass is 10.1. The number of rotatable bonds is 5. The molecule has 0 unspecified atom stereocenters. The minimum absolute atomic E-state index is 0.302. The first-order valence-corrected chi connectivity index (χ1v) is 7.72. The van der Waals surface area contributed by atoms with Crippen molar-refractivity contribution in [3.8, 4) is 0 Å². The van der Waals surface area contributed by atoms with Crippen molar-refractivity contribution in [2.75, 3.05) is 12.3 Å². The Morgan fingerprint density at radius 2 is 1.95 bits per heavy atom. The van der Waals surface area contributed by atoms with Crippen LogP contribution in [0.25, 0.3) is 0 Å². The second-order valence-corrected chi connectivity index (χ2v) is 6.41. The topological polar surface area (TPSA) is 101 Å². The van der Waals surface area contributed by atoms with Crippen LogP contribution in [0.4, 0.5) is 5.69 Å². The van der Waals surface area contributed by atoms with Gasteiger partial charge in [-0.2, -0.15) is 0 Å². The van der Waals surface area contributed by atoms with E-state index in [1.807, 2.05) is 0 Å². The Hall–Kier alpha value is -1.86. The molecule has 0 saturated carbocycles. The maximum atomic E-state index is 12.3.